The van der Waals surface area contributed by atoms with Crippen molar-refractivity contribution in [3.05, 3.63) is 47.4 Å². The van der Waals surface area contributed by atoms with Crippen LogP contribution in [-0.4, -0.2) is 60.2 Å². The molecule has 7 nitrogen and oxygen atoms in total. The van der Waals surface area contributed by atoms with Gasteiger partial charge in [-0.2, -0.15) is 0 Å². The molecule has 3 rings (SSSR count). The maximum Gasteiger partial charge on any atom is 0.270 e. The van der Waals surface area contributed by atoms with Crippen molar-refractivity contribution < 1.29 is 9.53 Å². The van der Waals surface area contributed by atoms with Gasteiger partial charge in [0, 0.05) is 37.9 Å². The molecule has 2 N–H and O–H groups in total. The predicted octanol–water partition coefficient (Wildman–Crippen LogP) is 1.90. The standard InChI is InChI=1S/C19H25N5O2/c1-14-9-15(2)11-16(10-14)23-18-12-17(21-13-22-18)19(25)20-3-4-24-5-7-26-8-6-24/h9-13H,3-8H2,1-2H3,(H,20,25)(H,21,22,23). The maximum absolute atomic E-state index is 12.3. The normalized spacial score (nSPS) is 14.8. The maximum atomic E-state index is 12.3. The summed E-state index contributed by atoms with van der Waals surface area (Å²) in [7, 11) is 0. The summed E-state index contributed by atoms with van der Waals surface area (Å²) in [4.78, 5) is 22.9. The minimum Gasteiger partial charge on any atom is -0.379 e. The van der Waals surface area contributed by atoms with E-state index in [4.69, 9.17) is 4.74 Å². The average Bonchev–Trinajstić information content (AvgIpc) is 2.62. The molecule has 1 aromatic carbocycles. The van der Waals surface area contributed by atoms with E-state index in [1.165, 1.54) is 17.5 Å². The van der Waals surface area contributed by atoms with Gasteiger partial charge in [-0.1, -0.05) is 6.07 Å². The summed E-state index contributed by atoms with van der Waals surface area (Å²) < 4.78 is 5.32. The third kappa shape index (κ3) is 5.24. The number of nitrogens with one attached hydrogen (secondary N) is 2. The summed E-state index contributed by atoms with van der Waals surface area (Å²) in [5.41, 5.74) is 3.64. The van der Waals surface area contributed by atoms with Gasteiger partial charge in [-0.3, -0.25) is 9.69 Å². The van der Waals surface area contributed by atoms with E-state index < -0.39 is 0 Å². The SMILES string of the molecule is Cc1cc(C)cc(Nc2cc(C(=O)NCCN3CCOCC3)ncn2)c1. The molecule has 26 heavy (non-hydrogen) atoms. The van der Waals surface area contributed by atoms with Crippen molar-refractivity contribution >= 4 is 17.4 Å². The number of hydrogen-bond acceptors (Lipinski definition) is 6. The lowest BCUT2D eigenvalue weighted by atomic mass is 10.1. The zero-order valence-corrected chi connectivity index (χ0v) is 15.3. The zero-order valence-electron chi connectivity index (χ0n) is 15.3. The van der Waals surface area contributed by atoms with Gasteiger partial charge in [0.2, 0.25) is 0 Å². The van der Waals surface area contributed by atoms with E-state index >= 15 is 0 Å². The van der Waals surface area contributed by atoms with Crippen molar-refractivity contribution in [2.45, 2.75) is 13.8 Å². The van der Waals surface area contributed by atoms with E-state index in [0.29, 0.717) is 18.1 Å². The number of carbonyl (C=O) groups excluding carboxylic acids is 1. The smallest absolute Gasteiger partial charge is 0.270 e. The number of morpholine rings is 1. The third-order valence-electron chi connectivity index (χ3n) is 4.21. The lowest BCUT2D eigenvalue weighted by Gasteiger charge is -2.26. The van der Waals surface area contributed by atoms with Gasteiger partial charge in [0.05, 0.1) is 13.2 Å². The molecular weight excluding hydrogens is 330 g/mol. The summed E-state index contributed by atoms with van der Waals surface area (Å²) >= 11 is 0. The number of amides is 1. The second-order valence-corrected chi connectivity index (χ2v) is 6.50. The Labute approximate surface area is 153 Å². The van der Waals surface area contributed by atoms with Gasteiger partial charge in [0.25, 0.3) is 5.91 Å². The molecule has 0 bridgehead atoms. The highest BCUT2D eigenvalue weighted by Gasteiger charge is 2.12. The summed E-state index contributed by atoms with van der Waals surface area (Å²) in [6.45, 7) is 8.83. The second kappa shape index (κ2) is 8.73. The van der Waals surface area contributed by atoms with Crippen LogP contribution in [0.25, 0.3) is 0 Å². The van der Waals surface area contributed by atoms with E-state index in [0.717, 1.165) is 38.5 Å². The van der Waals surface area contributed by atoms with Crippen LogP contribution in [0.15, 0.2) is 30.6 Å². The molecule has 7 heteroatoms. The van der Waals surface area contributed by atoms with Crippen LogP contribution in [0.1, 0.15) is 21.6 Å². The first-order chi connectivity index (χ1) is 12.6. The van der Waals surface area contributed by atoms with Crippen LogP contribution >= 0.6 is 0 Å². The highest BCUT2D eigenvalue weighted by molar-refractivity contribution is 5.92. The van der Waals surface area contributed by atoms with Crippen molar-refractivity contribution in [3.8, 4) is 0 Å². The third-order valence-corrected chi connectivity index (χ3v) is 4.21. The van der Waals surface area contributed by atoms with Crippen molar-refractivity contribution in [1.29, 1.82) is 0 Å². The minimum atomic E-state index is -0.191. The average molecular weight is 355 g/mol. The summed E-state index contributed by atoms with van der Waals surface area (Å²) in [5, 5.41) is 6.15. The van der Waals surface area contributed by atoms with Crippen LogP contribution in [0.4, 0.5) is 11.5 Å². The van der Waals surface area contributed by atoms with Gasteiger partial charge < -0.3 is 15.4 Å². The Morgan fingerprint density at radius 1 is 1.12 bits per heavy atom. The van der Waals surface area contributed by atoms with Crippen LogP contribution in [0.3, 0.4) is 0 Å². The molecule has 1 aromatic heterocycles. The number of aryl methyl sites for hydroxylation is 2. The van der Waals surface area contributed by atoms with E-state index in [9.17, 15) is 4.79 Å². The fourth-order valence-electron chi connectivity index (χ4n) is 2.99. The van der Waals surface area contributed by atoms with Crippen LogP contribution in [0.5, 0.6) is 0 Å². The van der Waals surface area contributed by atoms with Gasteiger partial charge >= 0.3 is 0 Å². The number of aromatic nitrogens is 2. The molecule has 1 aliphatic rings. The molecule has 0 atom stereocenters. The van der Waals surface area contributed by atoms with Crippen molar-refractivity contribution in [3.63, 3.8) is 0 Å². The Kier molecular flexibility index (Phi) is 6.14. The number of carbonyl (C=O) groups is 1. The van der Waals surface area contributed by atoms with Gasteiger partial charge in [-0.15, -0.1) is 0 Å². The molecule has 2 heterocycles. The van der Waals surface area contributed by atoms with Crippen LogP contribution in [0, 0.1) is 13.8 Å². The van der Waals surface area contributed by atoms with Crippen LogP contribution in [-0.2, 0) is 4.74 Å². The fourth-order valence-corrected chi connectivity index (χ4v) is 2.99. The molecular formula is C19H25N5O2. The first kappa shape index (κ1) is 18.3. The first-order valence-corrected chi connectivity index (χ1v) is 8.86. The van der Waals surface area contributed by atoms with Gasteiger partial charge in [0.1, 0.15) is 17.8 Å². The number of hydrogen-bond donors (Lipinski definition) is 2. The van der Waals surface area contributed by atoms with Gasteiger partial charge in [0.15, 0.2) is 0 Å². The topological polar surface area (TPSA) is 79.4 Å². The van der Waals surface area contributed by atoms with Crippen molar-refractivity contribution in [2.24, 2.45) is 0 Å². The Hall–Kier alpha value is -2.51. The molecule has 2 aromatic rings. The quantitative estimate of drug-likeness (QED) is 0.824. The Morgan fingerprint density at radius 2 is 1.85 bits per heavy atom. The Balaban J connectivity index is 1.56. The molecule has 0 saturated carbocycles. The molecule has 1 saturated heterocycles. The highest BCUT2D eigenvalue weighted by atomic mass is 16.5. The lowest BCUT2D eigenvalue weighted by molar-refractivity contribution is 0.0383. The minimum absolute atomic E-state index is 0.191. The van der Waals surface area contributed by atoms with Gasteiger partial charge in [-0.05, 0) is 37.1 Å². The number of anilines is 2. The Morgan fingerprint density at radius 3 is 2.58 bits per heavy atom. The van der Waals surface area contributed by atoms with Crippen molar-refractivity contribution in [2.75, 3.05) is 44.7 Å². The summed E-state index contributed by atoms with van der Waals surface area (Å²) in [5.74, 6) is 0.410. The molecule has 0 radical (unpaired) electrons. The molecule has 0 unspecified atom stereocenters. The van der Waals surface area contributed by atoms with E-state index in [1.54, 1.807) is 6.07 Å². The highest BCUT2D eigenvalue weighted by Crippen LogP contribution is 2.18. The van der Waals surface area contributed by atoms with Gasteiger partial charge in [-0.25, -0.2) is 9.97 Å². The largest absolute Gasteiger partial charge is 0.379 e. The zero-order chi connectivity index (χ0) is 18.4. The molecule has 1 amide bonds. The van der Waals surface area contributed by atoms with Crippen LogP contribution < -0.4 is 10.6 Å². The number of ether oxygens (including phenoxy) is 1. The number of benzene rings is 1. The summed E-state index contributed by atoms with van der Waals surface area (Å²) in [6.07, 6.45) is 1.40. The second-order valence-electron chi connectivity index (χ2n) is 6.50. The fraction of sp³-hybridized carbons (Fsp3) is 0.421. The first-order valence-electron chi connectivity index (χ1n) is 8.86. The number of nitrogens with zero attached hydrogens (tertiary/aromatic N) is 3. The van der Waals surface area contributed by atoms with Crippen molar-refractivity contribution in [1.82, 2.24) is 20.2 Å². The Bertz CT molecular complexity index is 739. The summed E-state index contributed by atoms with van der Waals surface area (Å²) in [6, 6.07) is 7.86. The molecule has 1 aliphatic heterocycles. The number of rotatable bonds is 6. The lowest BCUT2D eigenvalue weighted by Crippen LogP contribution is -2.41. The van der Waals surface area contributed by atoms with Crippen LogP contribution in [0.2, 0.25) is 0 Å². The van der Waals surface area contributed by atoms with E-state index in [-0.39, 0.29) is 5.91 Å². The van der Waals surface area contributed by atoms with E-state index in [2.05, 4.69) is 31.6 Å². The van der Waals surface area contributed by atoms with E-state index in [1.807, 2.05) is 26.0 Å². The molecule has 0 aliphatic carbocycles. The monoisotopic (exact) mass is 355 g/mol. The molecule has 0 spiro atoms. The molecule has 1 fully saturated rings. The predicted molar refractivity (Wildman–Crippen MR) is 101 cm³/mol. The molecule has 138 valence electrons.